The van der Waals surface area contributed by atoms with Crippen molar-refractivity contribution >= 4 is 46.7 Å². The van der Waals surface area contributed by atoms with Crippen LogP contribution in [0.1, 0.15) is 86.0 Å². The van der Waals surface area contributed by atoms with Gasteiger partial charge in [0, 0.05) is 29.6 Å². The van der Waals surface area contributed by atoms with Crippen molar-refractivity contribution in [2.45, 2.75) is 102 Å². The van der Waals surface area contributed by atoms with Gasteiger partial charge in [-0.05, 0) is 62.5 Å². The standard InChI is InChI=1S/C30H40Cl2O6/c1-6-8-25(35)37-17-24(34)30(38-26(36)9-7-2)18(3)14-22-21-11-10-19-15-20(33)12-13-27(19,4)29(21,32)23(31)16-28(22,30)5/h12-13,15,18,21-23H,6-11,14,16-17H2,1-5H3/t18-,21+,22+,23+,27+,28+,29+,30+/m1/s1. The molecule has 8 heteroatoms. The Labute approximate surface area is 235 Å². The van der Waals surface area contributed by atoms with Gasteiger partial charge in [-0.3, -0.25) is 19.2 Å². The van der Waals surface area contributed by atoms with E-state index < -0.39 is 45.2 Å². The maximum Gasteiger partial charge on any atom is 0.306 e. The van der Waals surface area contributed by atoms with Crippen molar-refractivity contribution < 1.29 is 28.7 Å². The summed E-state index contributed by atoms with van der Waals surface area (Å²) in [5, 5.41) is -0.563. The average molecular weight is 568 g/mol. The van der Waals surface area contributed by atoms with Gasteiger partial charge in [-0.1, -0.05) is 46.3 Å². The van der Waals surface area contributed by atoms with E-state index in [4.69, 9.17) is 32.7 Å². The van der Waals surface area contributed by atoms with Crippen LogP contribution in [0.5, 0.6) is 0 Å². The van der Waals surface area contributed by atoms with E-state index in [1.165, 1.54) is 0 Å². The number of carbonyl (C=O) groups excluding carboxylic acids is 4. The molecule has 0 amide bonds. The van der Waals surface area contributed by atoms with Crippen LogP contribution in [-0.4, -0.2) is 46.0 Å². The lowest BCUT2D eigenvalue weighted by Gasteiger charge is -2.64. The van der Waals surface area contributed by atoms with Crippen LogP contribution in [0.4, 0.5) is 0 Å². The van der Waals surface area contributed by atoms with Gasteiger partial charge in [0.15, 0.2) is 18.0 Å². The average Bonchev–Trinajstić information content (AvgIpc) is 3.06. The Morgan fingerprint density at radius 1 is 1.08 bits per heavy atom. The molecule has 3 saturated carbocycles. The third kappa shape index (κ3) is 4.11. The normalized spacial score (nSPS) is 41.4. The fraction of sp³-hybridized carbons (Fsp3) is 0.733. The molecule has 0 aromatic heterocycles. The Morgan fingerprint density at radius 2 is 1.74 bits per heavy atom. The van der Waals surface area contributed by atoms with Crippen molar-refractivity contribution in [3.05, 3.63) is 23.8 Å². The molecular weight excluding hydrogens is 527 g/mol. The fourth-order valence-electron chi connectivity index (χ4n) is 8.30. The summed E-state index contributed by atoms with van der Waals surface area (Å²) < 4.78 is 11.6. The van der Waals surface area contributed by atoms with E-state index in [1.807, 2.05) is 33.8 Å². The molecule has 6 nitrogen and oxygen atoms in total. The number of ether oxygens (including phenoxy) is 2. The first kappa shape index (κ1) is 29.3. The number of ketones is 2. The number of halogens is 2. The number of carbonyl (C=O) groups is 4. The highest BCUT2D eigenvalue weighted by atomic mass is 35.5. The van der Waals surface area contributed by atoms with E-state index in [-0.39, 0.29) is 42.2 Å². The number of alkyl halides is 2. The molecule has 0 bridgehead atoms. The molecule has 210 valence electrons. The van der Waals surface area contributed by atoms with Crippen LogP contribution in [0, 0.1) is 28.6 Å². The van der Waals surface area contributed by atoms with E-state index >= 15 is 0 Å². The van der Waals surface area contributed by atoms with Gasteiger partial charge in [-0.2, -0.15) is 0 Å². The molecule has 0 saturated heterocycles. The summed E-state index contributed by atoms with van der Waals surface area (Å²) >= 11 is 14.9. The van der Waals surface area contributed by atoms with Crippen LogP contribution in [0.2, 0.25) is 0 Å². The van der Waals surface area contributed by atoms with Crippen LogP contribution in [0.15, 0.2) is 23.8 Å². The van der Waals surface area contributed by atoms with Crippen LogP contribution in [0.3, 0.4) is 0 Å². The minimum absolute atomic E-state index is 0.0393. The molecule has 4 aliphatic rings. The number of rotatable bonds is 8. The summed E-state index contributed by atoms with van der Waals surface area (Å²) in [5.74, 6) is -1.75. The van der Waals surface area contributed by atoms with E-state index in [0.717, 1.165) is 12.0 Å². The molecule has 8 atom stereocenters. The Balaban J connectivity index is 1.77. The second kappa shape index (κ2) is 10.4. The lowest BCUT2D eigenvalue weighted by molar-refractivity contribution is -0.196. The monoisotopic (exact) mass is 566 g/mol. The third-order valence-corrected chi connectivity index (χ3v) is 11.6. The second-order valence-electron chi connectivity index (χ2n) is 12.1. The molecule has 0 N–H and O–H groups in total. The number of fused-ring (bicyclic) bond motifs is 5. The molecule has 0 aliphatic heterocycles. The minimum Gasteiger partial charge on any atom is -0.457 e. The van der Waals surface area contributed by atoms with Gasteiger partial charge in [0.05, 0.1) is 10.3 Å². The minimum atomic E-state index is -1.48. The van der Waals surface area contributed by atoms with Crippen LogP contribution >= 0.6 is 23.2 Å². The van der Waals surface area contributed by atoms with Crippen molar-refractivity contribution in [3.63, 3.8) is 0 Å². The first-order chi connectivity index (χ1) is 17.8. The van der Waals surface area contributed by atoms with Crippen molar-refractivity contribution in [2.24, 2.45) is 28.6 Å². The smallest absolute Gasteiger partial charge is 0.306 e. The van der Waals surface area contributed by atoms with Gasteiger partial charge in [-0.15, -0.1) is 23.2 Å². The van der Waals surface area contributed by atoms with Gasteiger partial charge in [0.1, 0.15) is 0 Å². The highest BCUT2D eigenvalue weighted by Crippen LogP contribution is 2.73. The van der Waals surface area contributed by atoms with Gasteiger partial charge in [0.2, 0.25) is 5.78 Å². The van der Waals surface area contributed by atoms with Crippen LogP contribution in [0.25, 0.3) is 0 Å². The molecule has 0 unspecified atom stereocenters. The number of Topliss-reactive ketones (excluding diaryl/α,β-unsaturated/α-hetero) is 1. The van der Waals surface area contributed by atoms with Gasteiger partial charge in [-0.25, -0.2) is 0 Å². The maximum atomic E-state index is 14.1. The van der Waals surface area contributed by atoms with Gasteiger partial charge < -0.3 is 9.47 Å². The lowest BCUT2D eigenvalue weighted by Crippen LogP contribution is -2.68. The SMILES string of the molecule is CCCC(=O)OCC(=O)[C@@]1(OC(=O)CCC)[C@H](C)C[C@H]2[C@@H]3CCC4=CC(=O)C=C[C@]4(C)[C@@]3(Cl)[C@@H](Cl)C[C@@]21C. The Hall–Kier alpha value is -1.66. The molecule has 0 radical (unpaired) electrons. The summed E-state index contributed by atoms with van der Waals surface area (Å²) in [6, 6.07) is 0. The fourth-order valence-corrected chi connectivity index (χ4v) is 9.53. The van der Waals surface area contributed by atoms with Crippen molar-refractivity contribution in [1.29, 1.82) is 0 Å². The number of hydrogen-bond donors (Lipinski definition) is 0. The summed E-state index contributed by atoms with van der Waals surface area (Å²) in [7, 11) is 0. The molecule has 38 heavy (non-hydrogen) atoms. The maximum absolute atomic E-state index is 14.1. The van der Waals surface area contributed by atoms with E-state index in [2.05, 4.69) is 6.92 Å². The molecule has 0 heterocycles. The predicted molar refractivity (Wildman–Crippen MR) is 146 cm³/mol. The van der Waals surface area contributed by atoms with E-state index in [1.54, 1.807) is 12.2 Å². The second-order valence-corrected chi connectivity index (χ2v) is 13.3. The van der Waals surface area contributed by atoms with Crippen molar-refractivity contribution in [1.82, 2.24) is 0 Å². The zero-order valence-corrected chi connectivity index (χ0v) is 24.6. The first-order valence-corrected chi connectivity index (χ1v) is 14.8. The molecule has 0 aromatic carbocycles. The molecule has 4 rings (SSSR count). The highest BCUT2D eigenvalue weighted by Gasteiger charge is 2.76. The van der Waals surface area contributed by atoms with Crippen molar-refractivity contribution in [2.75, 3.05) is 6.61 Å². The topological polar surface area (TPSA) is 86.7 Å². The largest absolute Gasteiger partial charge is 0.457 e. The molecule has 4 aliphatic carbocycles. The quantitative estimate of drug-likeness (QED) is 0.260. The molecule has 3 fully saturated rings. The van der Waals surface area contributed by atoms with E-state index in [0.29, 0.717) is 32.1 Å². The number of esters is 2. The zero-order chi connectivity index (χ0) is 28.1. The van der Waals surface area contributed by atoms with Gasteiger partial charge in [0.25, 0.3) is 0 Å². The predicted octanol–water partition coefficient (Wildman–Crippen LogP) is 6.11. The Morgan fingerprint density at radius 3 is 2.39 bits per heavy atom. The summed E-state index contributed by atoms with van der Waals surface area (Å²) in [4.78, 5) is 50.6. The molecule has 0 spiro atoms. The van der Waals surface area contributed by atoms with Crippen LogP contribution in [-0.2, 0) is 28.7 Å². The lowest BCUT2D eigenvalue weighted by atomic mass is 9.46. The summed E-state index contributed by atoms with van der Waals surface area (Å²) in [5.41, 5.74) is -1.88. The van der Waals surface area contributed by atoms with E-state index in [9.17, 15) is 19.2 Å². The van der Waals surface area contributed by atoms with Crippen molar-refractivity contribution in [3.8, 4) is 0 Å². The molecular formula is C30H40Cl2O6. The third-order valence-electron chi connectivity index (χ3n) is 10.1. The summed E-state index contributed by atoms with van der Waals surface area (Å²) in [6.45, 7) is 9.33. The Bertz CT molecular complexity index is 1080. The molecule has 0 aromatic rings. The Kier molecular flexibility index (Phi) is 8.02. The van der Waals surface area contributed by atoms with Crippen LogP contribution < -0.4 is 0 Å². The first-order valence-electron chi connectivity index (χ1n) is 14.0. The highest BCUT2D eigenvalue weighted by molar-refractivity contribution is 6.34. The van der Waals surface area contributed by atoms with Gasteiger partial charge >= 0.3 is 11.9 Å². The number of hydrogen-bond acceptors (Lipinski definition) is 6. The summed E-state index contributed by atoms with van der Waals surface area (Å²) in [6.07, 6.45) is 9.21. The zero-order valence-electron chi connectivity index (χ0n) is 23.1. The number of allylic oxidation sites excluding steroid dienone is 4.